The molecule has 2 aliphatic carbocycles. The van der Waals surface area contributed by atoms with Gasteiger partial charge in [-0.05, 0) is 37.0 Å². The molecule has 0 aliphatic heterocycles. The molecule has 0 spiro atoms. The van der Waals surface area contributed by atoms with Crippen LogP contribution in [-0.2, 0) is 10.0 Å². The van der Waals surface area contributed by atoms with Crippen molar-refractivity contribution < 1.29 is 12.8 Å². The Morgan fingerprint density at radius 3 is 2.67 bits per heavy atom. The van der Waals surface area contributed by atoms with Crippen molar-refractivity contribution in [3.8, 4) is 0 Å². The first-order valence-corrected chi connectivity index (χ1v) is 6.97. The van der Waals surface area contributed by atoms with Crippen LogP contribution in [0.25, 0.3) is 0 Å². The molecule has 0 radical (unpaired) electrons. The van der Waals surface area contributed by atoms with Gasteiger partial charge in [-0.2, -0.15) is 0 Å². The van der Waals surface area contributed by atoms with Crippen molar-refractivity contribution in [3.05, 3.63) is 12.2 Å². The number of fused-ring (bicyclic) bond motifs is 2. The number of rotatable bonds is 5. The van der Waals surface area contributed by atoms with Crippen LogP contribution in [0.15, 0.2) is 12.2 Å². The molecular formula is C10H16FNO2S. The summed E-state index contributed by atoms with van der Waals surface area (Å²) in [6.45, 7) is 0.369. The summed E-state index contributed by atoms with van der Waals surface area (Å²) in [6, 6.07) is -1.32. The zero-order valence-electron chi connectivity index (χ0n) is 8.52. The van der Waals surface area contributed by atoms with Gasteiger partial charge in [0.25, 0.3) is 0 Å². The number of alkyl halides is 1. The van der Waals surface area contributed by atoms with Crippen molar-refractivity contribution in [2.45, 2.75) is 19.3 Å². The normalized spacial score (nSPS) is 33.8. The predicted octanol–water partition coefficient (Wildman–Crippen LogP) is 1.44. The third-order valence-electron chi connectivity index (χ3n) is 3.40. The molecule has 15 heavy (non-hydrogen) atoms. The minimum Gasteiger partial charge on any atom is -0.232 e. The molecule has 2 bridgehead atoms. The average molecular weight is 233 g/mol. The second-order valence-electron chi connectivity index (χ2n) is 4.45. The van der Waals surface area contributed by atoms with E-state index < -0.39 is 16.0 Å². The van der Waals surface area contributed by atoms with Crippen LogP contribution in [0.5, 0.6) is 0 Å². The first-order valence-electron chi connectivity index (χ1n) is 5.32. The SMILES string of the molecule is O=S(=O)(CF)NCCC1CC2C=CC1C2. The predicted molar refractivity (Wildman–Crippen MR) is 56.4 cm³/mol. The Bertz CT molecular complexity index is 352. The Morgan fingerprint density at radius 1 is 1.33 bits per heavy atom. The topological polar surface area (TPSA) is 46.2 Å². The van der Waals surface area contributed by atoms with Gasteiger partial charge in [0.2, 0.25) is 16.0 Å². The third-order valence-corrected chi connectivity index (χ3v) is 4.33. The third kappa shape index (κ3) is 2.58. The van der Waals surface area contributed by atoms with Crippen LogP contribution in [0.1, 0.15) is 19.3 Å². The van der Waals surface area contributed by atoms with E-state index in [4.69, 9.17) is 0 Å². The van der Waals surface area contributed by atoms with Gasteiger partial charge in [-0.15, -0.1) is 0 Å². The van der Waals surface area contributed by atoms with Gasteiger partial charge >= 0.3 is 0 Å². The highest BCUT2D eigenvalue weighted by Crippen LogP contribution is 2.44. The molecule has 2 aliphatic rings. The molecule has 2 rings (SSSR count). The lowest BCUT2D eigenvalue weighted by molar-refractivity contribution is 0.414. The summed E-state index contributed by atoms with van der Waals surface area (Å²) in [7, 11) is -3.66. The molecule has 0 heterocycles. The van der Waals surface area contributed by atoms with Gasteiger partial charge in [0, 0.05) is 6.54 Å². The number of hydrogen-bond donors (Lipinski definition) is 1. The molecule has 0 saturated heterocycles. The van der Waals surface area contributed by atoms with Crippen molar-refractivity contribution in [2.24, 2.45) is 17.8 Å². The van der Waals surface area contributed by atoms with Crippen LogP contribution in [0.3, 0.4) is 0 Å². The summed E-state index contributed by atoms with van der Waals surface area (Å²) in [5, 5.41) is 0. The van der Waals surface area contributed by atoms with Gasteiger partial charge in [0.15, 0.2) is 0 Å². The smallest absolute Gasteiger partial charge is 0.232 e. The van der Waals surface area contributed by atoms with Crippen LogP contribution in [0, 0.1) is 17.8 Å². The van der Waals surface area contributed by atoms with E-state index in [0.29, 0.717) is 24.3 Å². The Labute approximate surface area is 89.8 Å². The zero-order chi connectivity index (χ0) is 10.9. The Morgan fingerprint density at radius 2 is 2.13 bits per heavy atom. The number of hydrogen-bond acceptors (Lipinski definition) is 2. The highest BCUT2D eigenvalue weighted by atomic mass is 32.2. The molecule has 1 saturated carbocycles. The molecule has 0 aromatic rings. The lowest BCUT2D eigenvalue weighted by Crippen LogP contribution is -2.27. The molecule has 3 atom stereocenters. The van der Waals surface area contributed by atoms with Gasteiger partial charge < -0.3 is 0 Å². The summed E-state index contributed by atoms with van der Waals surface area (Å²) in [4.78, 5) is 0. The van der Waals surface area contributed by atoms with E-state index in [9.17, 15) is 12.8 Å². The summed E-state index contributed by atoms with van der Waals surface area (Å²) >= 11 is 0. The van der Waals surface area contributed by atoms with E-state index in [1.165, 1.54) is 12.8 Å². The van der Waals surface area contributed by atoms with E-state index in [0.717, 1.165) is 6.42 Å². The Balaban J connectivity index is 1.74. The maximum Gasteiger partial charge on any atom is 0.241 e. The molecular weight excluding hydrogens is 217 g/mol. The quantitative estimate of drug-likeness (QED) is 0.730. The number of halogens is 1. The summed E-state index contributed by atoms with van der Waals surface area (Å²) in [5.41, 5.74) is 0. The largest absolute Gasteiger partial charge is 0.241 e. The Kier molecular flexibility index (Phi) is 3.11. The van der Waals surface area contributed by atoms with Gasteiger partial charge in [0.05, 0.1) is 0 Å². The van der Waals surface area contributed by atoms with Crippen molar-refractivity contribution in [2.75, 3.05) is 12.6 Å². The number of allylic oxidation sites excluding steroid dienone is 2. The lowest BCUT2D eigenvalue weighted by atomic mass is 9.91. The molecule has 3 nitrogen and oxygen atoms in total. The fraction of sp³-hybridized carbons (Fsp3) is 0.800. The molecule has 0 amide bonds. The first kappa shape index (κ1) is 11.1. The van der Waals surface area contributed by atoms with Crippen LogP contribution in [0.4, 0.5) is 4.39 Å². The monoisotopic (exact) mass is 233 g/mol. The van der Waals surface area contributed by atoms with Gasteiger partial charge in [0.1, 0.15) is 0 Å². The van der Waals surface area contributed by atoms with Gasteiger partial charge in [-0.1, -0.05) is 12.2 Å². The highest BCUT2D eigenvalue weighted by molar-refractivity contribution is 7.89. The van der Waals surface area contributed by atoms with Gasteiger partial charge in [-0.25, -0.2) is 17.5 Å². The van der Waals surface area contributed by atoms with Crippen LogP contribution in [-0.4, -0.2) is 21.0 Å². The maximum atomic E-state index is 12.0. The van der Waals surface area contributed by atoms with Crippen molar-refractivity contribution in [1.29, 1.82) is 0 Å². The first-order chi connectivity index (χ1) is 7.11. The van der Waals surface area contributed by atoms with E-state index >= 15 is 0 Å². The average Bonchev–Trinajstić information content (AvgIpc) is 2.79. The van der Waals surface area contributed by atoms with Gasteiger partial charge in [-0.3, -0.25) is 0 Å². The lowest BCUT2D eigenvalue weighted by Gasteiger charge is -2.17. The highest BCUT2D eigenvalue weighted by Gasteiger charge is 2.34. The second kappa shape index (κ2) is 4.22. The van der Waals surface area contributed by atoms with Crippen LogP contribution >= 0.6 is 0 Å². The summed E-state index contributed by atoms with van der Waals surface area (Å²) < 4.78 is 35.9. The minimum atomic E-state index is -3.66. The van der Waals surface area contributed by atoms with Crippen molar-refractivity contribution >= 4 is 10.0 Å². The zero-order valence-corrected chi connectivity index (χ0v) is 9.34. The molecule has 86 valence electrons. The fourth-order valence-corrected chi connectivity index (χ4v) is 3.17. The molecule has 1 fully saturated rings. The molecule has 3 unspecified atom stereocenters. The molecule has 1 N–H and O–H groups in total. The van der Waals surface area contributed by atoms with E-state index in [1.54, 1.807) is 0 Å². The number of sulfonamides is 1. The number of nitrogens with one attached hydrogen (secondary N) is 1. The second-order valence-corrected chi connectivity index (χ2v) is 6.18. The maximum absolute atomic E-state index is 12.0. The van der Waals surface area contributed by atoms with E-state index in [2.05, 4.69) is 16.9 Å². The Hall–Kier alpha value is -0.420. The molecule has 0 aromatic heterocycles. The van der Waals surface area contributed by atoms with Crippen molar-refractivity contribution in [1.82, 2.24) is 4.72 Å². The minimum absolute atomic E-state index is 0.369. The molecule has 5 heteroatoms. The van der Waals surface area contributed by atoms with Crippen LogP contribution < -0.4 is 4.72 Å². The van der Waals surface area contributed by atoms with Crippen molar-refractivity contribution in [3.63, 3.8) is 0 Å². The summed E-state index contributed by atoms with van der Waals surface area (Å²) in [6.07, 6.45) is 7.71. The van der Waals surface area contributed by atoms with E-state index in [1.807, 2.05) is 0 Å². The standard InChI is InChI=1S/C10H16FNO2S/c11-7-15(13,14)12-4-3-10-6-8-1-2-9(10)5-8/h1-2,8-10,12H,3-7H2. The van der Waals surface area contributed by atoms with E-state index in [-0.39, 0.29) is 0 Å². The fourth-order valence-electron chi connectivity index (χ4n) is 2.66. The van der Waals surface area contributed by atoms with Crippen LogP contribution in [0.2, 0.25) is 0 Å². The summed E-state index contributed by atoms with van der Waals surface area (Å²) in [5.74, 6) is 1.92. The molecule has 0 aromatic carbocycles.